The number of pyridine rings is 1. The van der Waals surface area contributed by atoms with Gasteiger partial charge in [-0.25, -0.2) is 4.98 Å². The Labute approximate surface area is 103 Å². The molecule has 0 aromatic carbocycles. The van der Waals surface area contributed by atoms with Gasteiger partial charge in [0.2, 0.25) is 5.91 Å². The van der Waals surface area contributed by atoms with Crippen LogP contribution in [0.3, 0.4) is 0 Å². The van der Waals surface area contributed by atoms with Gasteiger partial charge in [-0.1, -0.05) is 13.8 Å². The molecule has 0 fully saturated rings. The molecule has 0 saturated heterocycles. The van der Waals surface area contributed by atoms with Crippen molar-refractivity contribution in [2.75, 3.05) is 5.32 Å². The van der Waals surface area contributed by atoms with E-state index in [4.69, 9.17) is 0 Å². The van der Waals surface area contributed by atoms with Crippen molar-refractivity contribution in [1.82, 2.24) is 4.98 Å². The summed E-state index contributed by atoms with van der Waals surface area (Å²) in [6.07, 6.45) is 1.06. The molecule has 4 nitrogen and oxygen atoms in total. The second-order valence-electron chi connectivity index (χ2n) is 3.93. The lowest BCUT2D eigenvalue weighted by Gasteiger charge is -2.13. The Morgan fingerprint density at radius 1 is 1.56 bits per heavy atom. The third-order valence-corrected chi connectivity index (χ3v) is 2.64. The molecule has 1 aromatic heterocycles. The summed E-state index contributed by atoms with van der Waals surface area (Å²) in [5.41, 5.74) is 0.629. The van der Waals surface area contributed by atoms with E-state index in [9.17, 15) is 9.90 Å². The van der Waals surface area contributed by atoms with Crippen LogP contribution in [0.25, 0.3) is 0 Å². The zero-order valence-electron chi connectivity index (χ0n) is 9.27. The van der Waals surface area contributed by atoms with E-state index in [1.807, 2.05) is 13.8 Å². The highest BCUT2D eigenvalue weighted by Gasteiger charge is 2.14. The number of nitrogens with zero attached hydrogens (tertiary/aromatic N) is 1. The molecule has 0 saturated carbocycles. The highest BCUT2D eigenvalue weighted by atomic mass is 79.9. The molecule has 1 rings (SSSR count). The van der Waals surface area contributed by atoms with E-state index in [0.29, 0.717) is 10.3 Å². The van der Waals surface area contributed by atoms with Crippen LogP contribution < -0.4 is 5.32 Å². The molecule has 1 heterocycles. The maximum absolute atomic E-state index is 11.5. The second kappa shape index (κ2) is 5.96. The Balaban J connectivity index is 2.48. The minimum Gasteiger partial charge on any atom is -0.392 e. The van der Waals surface area contributed by atoms with Crippen molar-refractivity contribution in [1.29, 1.82) is 0 Å². The van der Waals surface area contributed by atoms with Crippen molar-refractivity contribution in [3.05, 3.63) is 22.9 Å². The predicted octanol–water partition coefficient (Wildman–Crippen LogP) is 2.19. The first-order valence-corrected chi connectivity index (χ1v) is 5.88. The van der Waals surface area contributed by atoms with E-state index in [1.54, 1.807) is 18.3 Å². The van der Waals surface area contributed by atoms with E-state index >= 15 is 0 Å². The number of aliphatic hydroxyl groups is 1. The van der Waals surface area contributed by atoms with Gasteiger partial charge in [0.15, 0.2) is 0 Å². The topological polar surface area (TPSA) is 62.2 Å². The Morgan fingerprint density at radius 3 is 2.75 bits per heavy atom. The molecule has 88 valence electrons. The molecular weight excluding hydrogens is 272 g/mol. The molecule has 1 amide bonds. The first-order chi connectivity index (χ1) is 7.49. The summed E-state index contributed by atoms with van der Waals surface area (Å²) < 4.78 is 0.715. The summed E-state index contributed by atoms with van der Waals surface area (Å²) in [5.74, 6) is -0.126. The summed E-state index contributed by atoms with van der Waals surface area (Å²) >= 11 is 3.21. The highest BCUT2D eigenvalue weighted by molar-refractivity contribution is 9.10. The number of aromatic nitrogens is 1. The molecule has 0 aliphatic carbocycles. The van der Waals surface area contributed by atoms with Crippen LogP contribution in [0.15, 0.2) is 22.9 Å². The molecular formula is C11H15BrN2O2. The van der Waals surface area contributed by atoms with Crippen molar-refractivity contribution < 1.29 is 9.90 Å². The number of rotatable bonds is 4. The average molecular weight is 287 g/mol. The number of amides is 1. The minimum absolute atomic E-state index is 0.0776. The van der Waals surface area contributed by atoms with E-state index < -0.39 is 6.10 Å². The van der Waals surface area contributed by atoms with E-state index in [-0.39, 0.29) is 18.2 Å². The Hall–Kier alpha value is -0.940. The molecule has 16 heavy (non-hydrogen) atoms. The summed E-state index contributed by atoms with van der Waals surface area (Å²) in [7, 11) is 0. The van der Waals surface area contributed by atoms with Crippen LogP contribution in [0, 0.1) is 5.92 Å². The van der Waals surface area contributed by atoms with Gasteiger partial charge in [-0.05, 0) is 34.0 Å². The Morgan fingerprint density at radius 2 is 2.25 bits per heavy atom. The first kappa shape index (κ1) is 13.1. The molecule has 0 aliphatic rings. The van der Waals surface area contributed by atoms with Gasteiger partial charge in [0.05, 0.1) is 24.4 Å². The maximum Gasteiger partial charge on any atom is 0.227 e. The Kier molecular flexibility index (Phi) is 4.89. The van der Waals surface area contributed by atoms with Crippen molar-refractivity contribution in [2.24, 2.45) is 5.92 Å². The van der Waals surface area contributed by atoms with Crippen LogP contribution in [0.1, 0.15) is 20.3 Å². The lowest BCUT2D eigenvalue weighted by Crippen LogP contribution is -2.23. The molecule has 1 aromatic rings. The monoisotopic (exact) mass is 286 g/mol. The molecule has 1 unspecified atom stereocenters. The third kappa shape index (κ3) is 4.28. The molecule has 0 aliphatic heterocycles. The summed E-state index contributed by atoms with van der Waals surface area (Å²) in [6.45, 7) is 3.75. The number of anilines is 1. The fourth-order valence-electron chi connectivity index (χ4n) is 1.09. The van der Waals surface area contributed by atoms with Crippen LogP contribution in [0.4, 0.5) is 5.69 Å². The molecule has 1 atom stereocenters. The zero-order valence-corrected chi connectivity index (χ0v) is 10.9. The van der Waals surface area contributed by atoms with Crippen LogP contribution in [0.5, 0.6) is 0 Å². The average Bonchev–Trinajstić information content (AvgIpc) is 2.21. The summed E-state index contributed by atoms with van der Waals surface area (Å²) in [4.78, 5) is 15.5. The lowest BCUT2D eigenvalue weighted by molar-refractivity contribution is -0.118. The van der Waals surface area contributed by atoms with Gasteiger partial charge in [0.1, 0.15) is 4.60 Å². The van der Waals surface area contributed by atoms with Gasteiger partial charge in [-0.15, -0.1) is 0 Å². The van der Waals surface area contributed by atoms with Crippen molar-refractivity contribution in [3.63, 3.8) is 0 Å². The van der Waals surface area contributed by atoms with Crippen LogP contribution in [-0.2, 0) is 4.79 Å². The minimum atomic E-state index is -0.608. The van der Waals surface area contributed by atoms with Gasteiger partial charge in [-0.3, -0.25) is 4.79 Å². The van der Waals surface area contributed by atoms with Crippen molar-refractivity contribution in [2.45, 2.75) is 26.4 Å². The van der Waals surface area contributed by atoms with Gasteiger partial charge in [0, 0.05) is 0 Å². The molecule has 5 heteroatoms. The van der Waals surface area contributed by atoms with Gasteiger partial charge < -0.3 is 10.4 Å². The summed E-state index contributed by atoms with van der Waals surface area (Å²) in [5, 5.41) is 12.2. The van der Waals surface area contributed by atoms with Crippen LogP contribution in [-0.4, -0.2) is 22.1 Å². The normalized spacial score (nSPS) is 12.6. The standard InChI is InChI=1S/C11H15BrN2O2/c1-7(2)9(15)5-11(16)14-8-3-4-10(12)13-6-8/h3-4,6-7,9,15H,5H2,1-2H3,(H,14,16). The molecule has 0 spiro atoms. The maximum atomic E-state index is 11.5. The number of hydrogen-bond donors (Lipinski definition) is 2. The number of carbonyl (C=O) groups excluding carboxylic acids is 1. The molecule has 0 bridgehead atoms. The Bertz CT molecular complexity index is 352. The quantitative estimate of drug-likeness (QED) is 0.834. The largest absolute Gasteiger partial charge is 0.392 e. The SMILES string of the molecule is CC(C)C(O)CC(=O)Nc1ccc(Br)nc1. The lowest BCUT2D eigenvalue weighted by atomic mass is 10.0. The van der Waals surface area contributed by atoms with Gasteiger partial charge >= 0.3 is 0 Å². The second-order valence-corrected chi connectivity index (χ2v) is 4.75. The number of hydrogen-bond acceptors (Lipinski definition) is 3. The van der Waals surface area contributed by atoms with E-state index in [2.05, 4.69) is 26.2 Å². The van der Waals surface area contributed by atoms with Crippen molar-refractivity contribution >= 4 is 27.5 Å². The molecule has 2 N–H and O–H groups in total. The highest BCUT2D eigenvalue weighted by Crippen LogP contribution is 2.12. The van der Waals surface area contributed by atoms with E-state index in [0.717, 1.165) is 0 Å². The van der Waals surface area contributed by atoms with Gasteiger partial charge in [0.25, 0.3) is 0 Å². The zero-order chi connectivity index (χ0) is 12.1. The van der Waals surface area contributed by atoms with E-state index in [1.165, 1.54) is 0 Å². The fourth-order valence-corrected chi connectivity index (χ4v) is 1.32. The third-order valence-electron chi connectivity index (χ3n) is 2.18. The number of carbonyl (C=O) groups is 1. The van der Waals surface area contributed by atoms with Crippen LogP contribution >= 0.6 is 15.9 Å². The van der Waals surface area contributed by atoms with Gasteiger partial charge in [-0.2, -0.15) is 0 Å². The number of nitrogens with one attached hydrogen (secondary N) is 1. The number of aliphatic hydroxyl groups excluding tert-OH is 1. The first-order valence-electron chi connectivity index (χ1n) is 5.08. The fraction of sp³-hybridized carbons (Fsp3) is 0.455. The smallest absolute Gasteiger partial charge is 0.227 e. The summed E-state index contributed by atoms with van der Waals surface area (Å²) in [6, 6.07) is 3.49. The van der Waals surface area contributed by atoms with Crippen molar-refractivity contribution in [3.8, 4) is 0 Å². The predicted molar refractivity (Wildman–Crippen MR) is 66.0 cm³/mol. The number of halogens is 1. The molecule has 0 radical (unpaired) electrons. The van der Waals surface area contributed by atoms with Crippen LogP contribution in [0.2, 0.25) is 0 Å².